The molecule has 0 radical (unpaired) electrons. The van der Waals surface area contributed by atoms with Gasteiger partial charge in [0.2, 0.25) is 0 Å². The summed E-state index contributed by atoms with van der Waals surface area (Å²) in [4.78, 5) is 9.12. The largest absolute Gasteiger partial charge is 0.468 e. The van der Waals surface area contributed by atoms with Gasteiger partial charge in [0.25, 0.3) is 0 Å². The van der Waals surface area contributed by atoms with Gasteiger partial charge < -0.3 is 15.1 Å². The van der Waals surface area contributed by atoms with E-state index in [1.807, 2.05) is 19.2 Å². The average molecular weight is 350 g/mol. The minimum atomic E-state index is 0.181. The molecule has 1 aromatic rings. The van der Waals surface area contributed by atoms with Gasteiger partial charge in [0, 0.05) is 32.7 Å². The maximum atomic E-state index is 5.56. The van der Waals surface area contributed by atoms with Crippen molar-refractivity contribution in [2.24, 2.45) is 4.99 Å². The van der Waals surface area contributed by atoms with Gasteiger partial charge in [-0.05, 0) is 52.0 Å². The molecule has 0 aliphatic carbocycles. The molecule has 0 bridgehead atoms. The molecule has 2 rings (SSSR count). The van der Waals surface area contributed by atoms with Crippen LogP contribution in [0.2, 0.25) is 0 Å². The molecule has 0 saturated carbocycles. The van der Waals surface area contributed by atoms with Gasteiger partial charge in [-0.3, -0.25) is 14.8 Å². The molecule has 1 aliphatic rings. The Morgan fingerprint density at radius 1 is 1.40 bits per heavy atom. The smallest absolute Gasteiger partial charge is 0.191 e. The van der Waals surface area contributed by atoms with E-state index in [1.54, 1.807) is 6.26 Å². The number of furan rings is 1. The Labute approximate surface area is 152 Å². The second-order valence-corrected chi connectivity index (χ2v) is 6.97. The zero-order valence-corrected chi connectivity index (χ0v) is 16.3. The molecule has 25 heavy (non-hydrogen) atoms. The van der Waals surface area contributed by atoms with Gasteiger partial charge in [-0.25, -0.2) is 0 Å². The third kappa shape index (κ3) is 6.04. The zero-order valence-electron chi connectivity index (χ0n) is 16.3. The topological polar surface area (TPSA) is 56.0 Å². The predicted molar refractivity (Wildman–Crippen MR) is 104 cm³/mol. The van der Waals surface area contributed by atoms with E-state index in [9.17, 15) is 0 Å². The molecule has 1 aliphatic heterocycles. The molecular formula is C19H35N5O. The summed E-state index contributed by atoms with van der Waals surface area (Å²) in [5, 5.41) is 6.87. The fraction of sp³-hybridized carbons (Fsp3) is 0.737. The minimum absolute atomic E-state index is 0.181. The Kier molecular flexibility index (Phi) is 8.28. The lowest BCUT2D eigenvalue weighted by Crippen LogP contribution is -2.47. The second kappa shape index (κ2) is 10.5. The predicted octanol–water partition coefficient (Wildman–Crippen LogP) is 2.31. The van der Waals surface area contributed by atoms with Gasteiger partial charge in [0.1, 0.15) is 5.76 Å². The standard InChI is InChI=1S/C19H35N5O/c1-5-16-9-6-7-12-24(16)13-11-21-19(20-2)22-15-17(23(3)4)18-10-8-14-25-18/h8,10,14,16-17H,5-7,9,11-13,15H2,1-4H3,(H2,20,21,22). The molecule has 1 fully saturated rings. The van der Waals surface area contributed by atoms with Crippen molar-refractivity contribution >= 4 is 5.96 Å². The Hall–Kier alpha value is -1.53. The molecule has 2 N–H and O–H groups in total. The Balaban J connectivity index is 1.76. The molecule has 2 atom stereocenters. The summed E-state index contributed by atoms with van der Waals surface area (Å²) < 4.78 is 5.56. The molecule has 2 heterocycles. The van der Waals surface area contributed by atoms with E-state index >= 15 is 0 Å². The van der Waals surface area contributed by atoms with Crippen LogP contribution in [0.4, 0.5) is 0 Å². The molecule has 6 heteroatoms. The molecular weight excluding hydrogens is 314 g/mol. The van der Waals surface area contributed by atoms with Gasteiger partial charge in [-0.1, -0.05) is 13.3 Å². The maximum absolute atomic E-state index is 5.56. The number of hydrogen-bond donors (Lipinski definition) is 2. The van der Waals surface area contributed by atoms with Crippen LogP contribution in [0.1, 0.15) is 44.4 Å². The fourth-order valence-corrected chi connectivity index (χ4v) is 3.57. The lowest BCUT2D eigenvalue weighted by Gasteiger charge is -2.35. The summed E-state index contributed by atoms with van der Waals surface area (Å²) in [6.45, 7) is 6.28. The highest BCUT2D eigenvalue weighted by Crippen LogP contribution is 2.19. The number of aliphatic imine (C=N–C) groups is 1. The SMILES string of the molecule is CCC1CCCCN1CCNC(=NC)NCC(c1ccco1)N(C)C. The summed E-state index contributed by atoms with van der Waals surface area (Å²) in [7, 11) is 5.95. The van der Waals surface area contributed by atoms with E-state index in [2.05, 4.69) is 46.4 Å². The summed E-state index contributed by atoms with van der Waals surface area (Å²) in [5.41, 5.74) is 0. The van der Waals surface area contributed by atoms with Crippen molar-refractivity contribution in [3.63, 3.8) is 0 Å². The number of rotatable bonds is 8. The second-order valence-electron chi connectivity index (χ2n) is 6.97. The molecule has 0 amide bonds. The summed E-state index contributed by atoms with van der Waals surface area (Å²) in [6, 6.07) is 4.88. The first-order valence-corrected chi connectivity index (χ1v) is 9.54. The van der Waals surface area contributed by atoms with Crippen LogP contribution >= 0.6 is 0 Å². The average Bonchev–Trinajstić information content (AvgIpc) is 3.14. The van der Waals surface area contributed by atoms with Crippen LogP contribution in [0.3, 0.4) is 0 Å². The molecule has 0 spiro atoms. The first-order chi connectivity index (χ1) is 12.2. The maximum Gasteiger partial charge on any atom is 0.191 e. The number of likely N-dealkylation sites (tertiary alicyclic amines) is 1. The lowest BCUT2D eigenvalue weighted by atomic mass is 10.0. The van der Waals surface area contributed by atoms with Crippen molar-refractivity contribution in [3.8, 4) is 0 Å². The number of nitrogens with zero attached hydrogens (tertiary/aromatic N) is 3. The number of nitrogens with one attached hydrogen (secondary N) is 2. The van der Waals surface area contributed by atoms with Crippen LogP contribution < -0.4 is 10.6 Å². The van der Waals surface area contributed by atoms with Gasteiger partial charge in [-0.2, -0.15) is 0 Å². The van der Waals surface area contributed by atoms with Crippen molar-refractivity contribution < 1.29 is 4.42 Å². The van der Waals surface area contributed by atoms with E-state index in [0.717, 1.165) is 37.4 Å². The van der Waals surface area contributed by atoms with Crippen LogP contribution in [0, 0.1) is 0 Å². The Morgan fingerprint density at radius 2 is 2.24 bits per heavy atom. The Morgan fingerprint density at radius 3 is 2.88 bits per heavy atom. The summed E-state index contributed by atoms with van der Waals surface area (Å²) in [6.07, 6.45) is 7.03. The third-order valence-electron chi connectivity index (χ3n) is 5.09. The molecule has 2 unspecified atom stereocenters. The molecule has 0 aromatic carbocycles. The molecule has 6 nitrogen and oxygen atoms in total. The highest BCUT2D eigenvalue weighted by atomic mass is 16.3. The number of guanidine groups is 1. The molecule has 1 saturated heterocycles. The summed E-state index contributed by atoms with van der Waals surface area (Å²) >= 11 is 0. The van der Waals surface area contributed by atoms with E-state index in [0.29, 0.717) is 0 Å². The molecule has 1 aromatic heterocycles. The number of piperidine rings is 1. The monoisotopic (exact) mass is 349 g/mol. The Bertz CT molecular complexity index is 500. The van der Waals surface area contributed by atoms with Crippen molar-refractivity contribution in [1.29, 1.82) is 0 Å². The van der Waals surface area contributed by atoms with E-state index in [1.165, 1.54) is 32.2 Å². The van der Waals surface area contributed by atoms with Gasteiger partial charge in [0.15, 0.2) is 5.96 Å². The highest BCUT2D eigenvalue weighted by Gasteiger charge is 2.20. The van der Waals surface area contributed by atoms with Gasteiger partial charge >= 0.3 is 0 Å². The van der Waals surface area contributed by atoms with E-state index < -0.39 is 0 Å². The van der Waals surface area contributed by atoms with Crippen molar-refractivity contribution in [1.82, 2.24) is 20.4 Å². The van der Waals surface area contributed by atoms with Crippen LogP contribution in [0.25, 0.3) is 0 Å². The van der Waals surface area contributed by atoms with Crippen LogP contribution in [-0.2, 0) is 0 Å². The van der Waals surface area contributed by atoms with Crippen LogP contribution in [0.15, 0.2) is 27.8 Å². The van der Waals surface area contributed by atoms with Gasteiger partial charge in [-0.15, -0.1) is 0 Å². The van der Waals surface area contributed by atoms with Crippen LogP contribution in [0.5, 0.6) is 0 Å². The minimum Gasteiger partial charge on any atom is -0.468 e. The van der Waals surface area contributed by atoms with E-state index in [4.69, 9.17) is 4.42 Å². The van der Waals surface area contributed by atoms with Crippen molar-refractivity contribution in [2.75, 3.05) is 47.3 Å². The first-order valence-electron chi connectivity index (χ1n) is 9.54. The highest BCUT2D eigenvalue weighted by molar-refractivity contribution is 5.79. The van der Waals surface area contributed by atoms with E-state index in [-0.39, 0.29) is 6.04 Å². The summed E-state index contributed by atoms with van der Waals surface area (Å²) in [5.74, 6) is 1.82. The number of likely N-dealkylation sites (N-methyl/N-ethyl adjacent to an activating group) is 1. The van der Waals surface area contributed by atoms with Crippen molar-refractivity contribution in [3.05, 3.63) is 24.2 Å². The lowest BCUT2D eigenvalue weighted by molar-refractivity contribution is 0.147. The normalized spacial score (nSPS) is 20.7. The van der Waals surface area contributed by atoms with Crippen molar-refractivity contribution in [2.45, 2.75) is 44.7 Å². The quantitative estimate of drug-likeness (QED) is 0.557. The van der Waals surface area contributed by atoms with Crippen LogP contribution in [-0.4, -0.2) is 69.1 Å². The van der Waals surface area contributed by atoms with Gasteiger partial charge in [0.05, 0.1) is 12.3 Å². The number of hydrogen-bond acceptors (Lipinski definition) is 4. The first kappa shape index (κ1) is 19.8. The zero-order chi connectivity index (χ0) is 18.1. The molecule has 142 valence electrons. The fourth-order valence-electron chi connectivity index (χ4n) is 3.57. The third-order valence-corrected chi connectivity index (χ3v) is 5.09.